The highest BCUT2D eigenvalue weighted by Gasteiger charge is 2.13. The zero-order valence-electron chi connectivity index (χ0n) is 20.8. The standard InChI is InChI=1S/C29H34N6O/c1-21(23-8-4-2-5-9-23)33-28-25-18-26(34-29(25)32-20-31-28)24-12-10-22(11-13-24)19-30-27(36)14-17-35-15-6-3-7-16-35/h2,4-5,8-13,18,20-21H,3,6-7,14-17,19H2,1H3,(H,30,36)(H2,31,32,33,34)/t21-/m1/s1. The molecule has 0 saturated carbocycles. The average Bonchev–Trinajstić information content (AvgIpc) is 3.37. The Morgan fingerprint density at radius 3 is 2.58 bits per heavy atom. The third kappa shape index (κ3) is 5.91. The predicted octanol–water partition coefficient (Wildman–Crippen LogP) is 5.29. The minimum absolute atomic E-state index is 0.114. The Morgan fingerprint density at radius 1 is 1.03 bits per heavy atom. The summed E-state index contributed by atoms with van der Waals surface area (Å²) in [6, 6.07) is 20.8. The van der Waals surface area contributed by atoms with Gasteiger partial charge in [-0.3, -0.25) is 4.79 Å². The molecule has 7 heteroatoms. The normalized spacial score (nSPS) is 15.0. The third-order valence-corrected chi connectivity index (χ3v) is 6.94. The van der Waals surface area contributed by atoms with Crippen molar-refractivity contribution in [3.8, 4) is 11.3 Å². The molecular formula is C29H34N6O. The van der Waals surface area contributed by atoms with Crippen molar-refractivity contribution in [2.24, 2.45) is 0 Å². The number of likely N-dealkylation sites (tertiary alicyclic amines) is 1. The van der Waals surface area contributed by atoms with Crippen molar-refractivity contribution in [3.05, 3.63) is 78.1 Å². The van der Waals surface area contributed by atoms with Crippen LogP contribution in [0.5, 0.6) is 0 Å². The molecule has 3 N–H and O–H groups in total. The molecule has 1 aliphatic heterocycles. The molecule has 2 aromatic heterocycles. The van der Waals surface area contributed by atoms with Gasteiger partial charge in [0.15, 0.2) is 0 Å². The van der Waals surface area contributed by atoms with Crippen molar-refractivity contribution in [1.82, 2.24) is 25.2 Å². The molecular weight excluding hydrogens is 448 g/mol. The number of fused-ring (bicyclic) bond motifs is 1. The molecule has 0 radical (unpaired) electrons. The van der Waals surface area contributed by atoms with Crippen molar-refractivity contribution in [2.75, 3.05) is 25.0 Å². The number of piperidine rings is 1. The first kappa shape index (κ1) is 24.0. The number of H-pyrrole nitrogens is 1. The molecule has 1 saturated heterocycles. The summed E-state index contributed by atoms with van der Waals surface area (Å²) in [5, 5.41) is 7.54. The molecule has 1 atom stereocenters. The van der Waals surface area contributed by atoms with Gasteiger partial charge >= 0.3 is 0 Å². The molecule has 2 aromatic carbocycles. The van der Waals surface area contributed by atoms with Gasteiger partial charge in [-0.15, -0.1) is 0 Å². The molecule has 7 nitrogen and oxygen atoms in total. The van der Waals surface area contributed by atoms with Crippen LogP contribution in [0.3, 0.4) is 0 Å². The lowest BCUT2D eigenvalue weighted by molar-refractivity contribution is -0.121. The number of anilines is 1. The van der Waals surface area contributed by atoms with Crippen LogP contribution in [0, 0.1) is 0 Å². The van der Waals surface area contributed by atoms with Gasteiger partial charge < -0.3 is 20.5 Å². The fraction of sp³-hybridized carbons (Fsp3) is 0.345. The predicted molar refractivity (Wildman–Crippen MR) is 145 cm³/mol. The SMILES string of the molecule is C[C@@H](Nc1ncnc2[nH]c(-c3ccc(CNC(=O)CCN4CCCCC4)cc3)cc12)c1ccccc1. The summed E-state index contributed by atoms with van der Waals surface area (Å²) in [7, 11) is 0. The van der Waals surface area contributed by atoms with Gasteiger partial charge in [0.1, 0.15) is 17.8 Å². The van der Waals surface area contributed by atoms with Gasteiger partial charge in [-0.05, 0) is 55.6 Å². The Morgan fingerprint density at radius 2 is 1.81 bits per heavy atom. The van der Waals surface area contributed by atoms with Gasteiger partial charge in [0.25, 0.3) is 0 Å². The number of nitrogens with one attached hydrogen (secondary N) is 3. The number of nitrogens with zero attached hydrogens (tertiary/aromatic N) is 3. The first-order valence-electron chi connectivity index (χ1n) is 12.9. The van der Waals surface area contributed by atoms with Crippen molar-refractivity contribution < 1.29 is 4.79 Å². The Bertz CT molecular complexity index is 1280. The number of hydrogen-bond acceptors (Lipinski definition) is 5. The van der Waals surface area contributed by atoms with Crippen LogP contribution in [0.1, 0.15) is 49.8 Å². The summed E-state index contributed by atoms with van der Waals surface area (Å²) in [4.78, 5) is 27.0. The molecule has 0 bridgehead atoms. The zero-order chi connectivity index (χ0) is 24.7. The molecule has 5 rings (SSSR count). The monoisotopic (exact) mass is 482 g/mol. The van der Waals surface area contributed by atoms with Gasteiger partial charge in [0.2, 0.25) is 5.91 Å². The van der Waals surface area contributed by atoms with Gasteiger partial charge in [0, 0.05) is 31.2 Å². The molecule has 186 valence electrons. The highest BCUT2D eigenvalue weighted by molar-refractivity contribution is 5.91. The smallest absolute Gasteiger partial charge is 0.221 e. The summed E-state index contributed by atoms with van der Waals surface area (Å²) >= 11 is 0. The minimum Gasteiger partial charge on any atom is -0.363 e. The topological polar surface area (TPSA) is 85.9 Å². The van der Waals surface area contributed by atoms with E-state index in [0.717, 1.165) is 53.3 Å². The number of aromatic nitrogens is 3. The summed E-state index contributed by atoms with van der Waals surface area (Å²) in [5.41, 5.74) is 5.13. The summed E-state index contributed by atoms with van der Waals surface area (Å²) < 4.78 is 0. The van der Waals surface area contributed by atoms with Crippen LogP contribution < -0.4 is 10.6 Å². The van der Waals surface area contributed by atoms with Gasteiger partial charge in [-0.2, -0.15) is 0 Å². The van der Waals surface area contributed by atoms with Crippen LogP contribution in [0.25, 0.3) is 22.3 Å². The van der Waals surface area contributed by atoms with Crippen LogP contribution >= 0.6 is 0 Å². The largest absolute Gasteiger partial charge is 0.363 e. The van der Waals surface area contributed by atoms with Gasteiger partial charge in [-0.1, -0.05) is 61.0 Å². The third-order valence-electron chi connectivity index (χ3n) is 6.94. The minimum atomic E-state index is 0.114. The average molecular weight is 483 g/mol. The first-order valence-corrected chi connectivity index (χ1v) is 12.9. The molecule has 0 spiro atoms. The van der Waals surface area contributed by atoms with E-state index >= 15 is 0 Å². The first-order chi connectivity index (χ1) is 17.7. The molecule has 0 aliphatic carbocycles. The van der Waals surface area contributed by atoms with E-state index in [0.29, 0.717) is 13.0 Å². The van der Waals surface area contributed by atoms with E-state index in [9.17, 15) is 4.79 Å². The maximum Gasteiger partial charge on any atom is 0.221 e. The second kappa shape index (κ2) is 11.4. The molecule has 1 aliphatic rings. The molecule has 36 heavy (non-hydrogen) atoms. The van der Waals surface area contributed by atoms with Gasteiger partial charge in [0.05, 0.1) is 5.39 Å². The molecule has 3 heterocycles. The fourth-order valence-electron chi connectivity index (χ4n) is 4.77. The van der Waals surface area contributed by atoms with Crippen LogP contribution in [0.2, 0.25) is 0 Å². The Kier molecular flexibility index (Phi) is 7.57. The highest BCUT2D eigenvalue weighted by Crippen LogP contribution is 2.29. The number of aromatic amines is 1. The van der Waals surface area contributed by atoms with E-state index in [1.807, 2.05) is 18.2 Å². The van der Waals surface area contributed by atoms with Crippen molar-refractivity contribution >= 4 is 22.8 Å². The fourth-order valence-corrected chi connectivity index (χ4v) is 4.77. The van der Waals surface area contributed by atoms with Crippen molar-refractivity contribution in [1.29, 1.82) is 0 Å². The number of amides is 1. The van der Waals surface area contributed by atoms with Crippen molar-refractivity contribution in [2.45, 2.75) is 45.2 Å². The molecule has 4 aromatic rings. The molecule has 1 amide bonds. The second-order valence-electron chi connectivity index (χ2n) is 9.57. The lowest BCUT2D eigenvalue weighted by Crippen LogP contribution is -2.34. The quantitative estimate of drug-likeness (QED) is 0.302. The van der Waals surface area contributed by atoms with Crippen LogP contribution in [0.15, 0.2) is 67.0 Å². The lowest BCUT2D eigenvalue weighted by Gasteiger charge is -2.25. The Hall–Kier alpha value is -3.71. The van der Waals surface area contributed by atoms with E-state index in [1.54, 1.807) is 6.33 Å². The second-order valence-corrected chi connectivity index (χ2v) is 9.57. The number of carbonyl (C=O) groups is 1. The summed E-state index contributed by atoms with van der Waals surface area (Å²) in [6.45, 7) is 5.77. The number of carbonyl (C=O) groups excluding carboxylic acids is 1. The van der Waals surface area contributed by atoms with E-state index < -0.39 is 0 Å². The number of hydrogen-bond donors (Lipinski definition) is 3. The lowest BCUT2D eigenvalue weighted by atomic mass is 10.1. The maximum absolute atomic E-state index is 12.3. The van der Waals surface area contributed by atoms with E-state index in [2.05, 4.69) is 79.9 Å². The Balaban J connectivity index is 1.20. The Labute approximate surface area is 212 Å². The summed E-state index contributed by atoms with van der Waals surface area (Å²) in [5.74, 6) is 0.923. The maximum atomic E-state index is 12.3. The number of rotatable bonds is 9. The number of benzene rings is 2. The van der Waals surface area contributed by atoms with Crippen LogP contribution in [-0.4, -0.2) is 45.4 Å². The van der Waals surface area contributed by atoms with Crippen LogP contribution in [-0.2, 0) is 11.3 Å². The molecule has 0 unspecified atom stereocenters. The van der Waals surface area contributed by atoms with E-state index in [1.165, 1.54) is 24.8 Å². The zero-order valence-corrected chi connectivity index (χ0v) is 20.8. The van der Waals surface area contributed by atoms with E-state index in [-0.39, 0.29) is 11.9 Å². The van der Waals surface area contributed by atoms with Crippen molar-refractivity contribution in [3.63, 3.8) is 0 Å². The summed E-state index contributed by atoms with van der Waals surface area (Å²) in [6.07, 6.45) is 5.96. The molecule has 1 fully saturated rings. The van der Waals surface area contributed by atoms with Crippen LogP contribution in [0.4, 0.5) is 5.82 Å². The van der Waals surface area contributed by atoms with E-state index in [4.69, 9.17) is 0 Å². The highest BCUT2D eigenvalue weighted by atomic mass is 16.1. The van der Waals surface area contributed by atoms with Gasteiger partial charge in [-0.25, -0.2) is 9.97 Å².